The van der Waals surface area contributed by atoms with Gasteiger partial charge >= 0.3 is 0 Å². The van der Waals surface area contributed by atoms with Gasteiger partial charge in [-0.1, -0.05) is 23.8 Å². The highest BCUT2D eigenvalue weighted by atomic mass is 16.1. The van der Waals surface area contributed by atoms with Gasteiger partial charge in [0.1, 0.15) is 0 Å². The minimum Gasteiger partial charge on any atom is -0.356 e. The summed E-state index contributed by atoms with van der Waals surface area (Å²) in [5.74, 6) is 0.868. The second-order valence-electron chi connectivity index (χ2n) is 5.96. The first-order valence-electron chi connectivity index (χ1n) is 7.68. The van der Waals surface area contributed by atoms with Crippen LogP contribution in [0.25, 0.3) is 0 Å². The van der Waals surface area contributed by atoms with E-state index in [1.54, 1.807) is 0 Å². The van der Waals surface area contributed by atoms with Crippen LogP contribution in [0.1, 0.15) is 36.0 Å². The number of hydrogen-bond acceptors (Lipinski definition) is 2. The largest absolute Gasteiger partial charge is 0.356 e. The van der Waals surface area contributed by atoms with E-state index in [0.717, 1.165) is 37.5 Å². The van der Waals surface area contributed by atoms with E-state index in [1.165, 1.54) is 24.0 Å². The molecular formula is C17H26N2O. The fourth-order valence-electron chi connectivity index (χ4n) is 2.81. The van der Waals surface area contributed by atoms with Crippen LogP contribution < -0.4 is 10.6 Å². The predicted molar refractivity (Wildman–Crippen MR) is 82.8 cm³/mol. The molecule has 2 N–H and O–H groups in total. The molecule has 0 bridgehead atoms. The highest BCUT2D eigenvalue weighted by molar-refractivity contribution is 5.78. The molecule has 1 aromatic rings. The first-order valence-corrected chi connectivity index (χ1v) is 7.68. The van der Waals surface area contributed by atoms with Crippen LogP contribution in [-0.2, 0) is 11.2 Å². The van der Waals surface area contributed by atoms with Crippen molar-refractivity contribution < 1.29 is 4.79 Å². The van der Waals surface area contributed by atoms with Crippen molar-refractivity contribution >= 4 is 5.91 Å². The molecule has 0 radical (unpaired) electrons. The van der Waals surface area contributed by atoms with Crippen molar-refractivity contribution in [1.82, 2.24) is 10.6 Å². The maximum absolute atomic E-state index is 12.0. The second kappa shape index (κ2) is 7.44. The Labute approximate surface area is 122 Å². The summed E-state index contributed by atoms with van der Waals surface area (Å²) in [4.78, 5) is 12.0. The van der Waals surface area contributed by atoms with Crippen molar-refractivity contribution in [2.45, 2.75) is 39.5 Å². The summed E-state index contributed by atoms with van der Waals surface area (Å²) >= 11 is 0. The van der Waals surface area contributed by atoms with Gasteiger partial charge in [0.2, 0.25) is 5.91 Å². The van der Waals surface area contributed by atoms with E-state index in [0.29, 0.717) is 6.42 Å². The van der Waals surface area contributed by atoms with E-state index in [4.69, 9.17) is 0 Å². The van der Waals surface area contributed by atoms with Crippen molar-refractivity contribution in [3.05, 3.63) is 34.9 Å². The number of piperidine rings is 1. The lowest BCUT2D eigenvalue weighted by molar-refractivity contribution is -0.120. The first kappa shape index (κ1) is 15.0. The molecule has 0 aromatic heterocycles. The summed E-state index contributed by atoms with van der Waals surface area (Å²) < 4.78 is 0. The average molecular weight is 274 g/mol. The lowest BCUT2D eigenvalue weighted by atomic mass is 9.96. The number of carbonyl (C=O) groups excluding carboxylic acids is 1. The van der Waals surface area contributed by atoms with E-state index in [1.807, 2.05) is 0 Å². The number of nitrogens with one attached hydrogen (secondary N) is 2. The Kier molecular flexibility index (Phi) is 5.60. The monoisotopic (exact) mass is 274 g/mol. The van der Waals surface area contributed by atoms with Crippen LogP contribution >= 0.6 is 0 Å². The lowest BCUT2D eigenvalue weighted by Gasteiger charge is -2.22. The number of hydrogen-bond donors (Lipinski definition) is 2. The van der Waals surface area contributed by atoms with Crippen LogP contribution in [0.2, 0.25) is 0 Å². The van der Waals surface area contributed by atoms with Crippen molar-refractivity contribution in [3.63, 3.8) is 0 Å². The molecule has 0 spiro atoms. The van der Waals surface area contributed by atoms with E-state index in [9.17, 15) is 4.79 Å². The topological polar surface area (TPSA) is 41.1 Å². The van der Waals surface area contributed by atoms with Gasteiger partial charge in [-0.25, -0.2) is 0 Å². The number of amides is 1. The molecule has 2 rings (SSSR count). The lowest BCUT2D eigenvalue weighted by Crippen LogP contribution is -2.33. The van der Waals surface area contributed by atoms with Crippen LogP contribution in [0.15, 0.2) is 18.2 Å². The molecule has 1 saturated heterocycles. The summed E-state index contributed by atoms with van der Waals surface area (Å²) in [6, 6.07) is 6.29. The molecule has 1 atom stereocenters. The van der Waals surface area contributed by atoms with E-state index in [2.05, 4.69) is 42.7 Å². The summed E-state index contributed by atoms with van der Waals surface area (Å²) in [6.07, 6.45) is 4.14. The van der Waals surface area contributed by atoms with Crippen LogP contribution in [0.5, 0.6) is 0 Å². The minimum atomic E-state index is 0.141. The number of carbonyl (C=O) groups is 1. The van der Waals surface area contributed by atoms with E-state index >= 15 is 0 Å². The SMILES string of the molecule is Cc1ccc(C)c(CC(=O)NCC[C@H]2CCCNC2)c1. The van der Waals surface area contributed by atoms with Crippen molar-refractivity contribution in [2.75, 3.05) is 19.6 Å². The van der Waals surface area contributed by atoms with Gasteiger partial charge in [-0.15, -0.1) is 0 Å². The molecule has 1 aliphatic heterocycles. The fraction of sp³-hybridized carbons (Fsp3) is 0.588. The zero-order chi connectivity index (χ0) is 14.4. The van der Waals surface area contributed by atoms with Gasteiger partial charge in [0.25, 0.3) is 0 Å². The molecular weight excluding hydrogens is 248 g/mol. The third-order valence-corrected chi connectivity index (χ3v) is 4.13. The first-order chi connectivity index (χ1) is 9.65. The molecule has 3 heteroatoms. The maximum atomic E-state index is 12.0. The molecule has 1 aromatic carbocycles. The van der Waals surface area contributed by atoms with Crippen LogP contribution in [0, 0.1) is 19.8 Å². The molecule has 0 saturated carbocycles. The summed E-state index contributed by atoms with van der Waals surface area (Å²) in [5.41, 5.74) is 3.55. The average Bonchev–Trinajstić information content (AvgIpc) is 2.44. The van der Waals surface area contributed by atoms with Crippen molar-refractivity contribution in [1.29, 1.82) is 0 Å². The highest BCUT2D eigenvalue weighted by Crippen LogP contribution is 2.13. The molecule has 1 amide bonds. The minimum absolute atomic E-state index is 0.141. The van der Waals surface area contributed by atoms with Gasteiger partial charge in [-0.05, 0) is 63.2 Å². The molecule has 20 heavy (non-hydrogen) atoms. The predicted octanol–water partition coefficient (Wildman–Crippen LogP) is 2.35. The van der Waals surface area contributed by atoms with Gasteiger partial charge in [0.15, 0.2) is 0 Å². The van der Waals surface area contributed by atoms with E-state index in [-0.39, 0.29) is 5.91 Å². The van der Waals surface area contributed by atoms with Crippen LogP contribution in [-0.4, -0.2) is 25.5 Å². The number of benzene rings is 1. The summed E-state index contributed by atoms with van der Waals surface area (Å²) in [7, 11) is 0. The molecule has 1 fully saturated rings. The van der Waals surface area contributed by atoms with Crippen LogP contribution in [0.4, 0.5) is 0 Å². The van der Waals surface area contributed by atoms with Crippen LogP contribution in [0.3, 0.4) is 0 Å². The molecule has 0 unspecified atom stereocenters. The standard InChI is InChI=1S/C17H26N2O/c1-13-5-6-14(2)16(10-13)11-17(20)19-9-7-15-4-3-8-18-12-15/h5-6,10,15,18H,3-4,7-9,11-12H2,1-2H3,(H,19,20)/t15-/m1/s1. The zero-order valence-electron chi connectivity index (χ0n) is 12.7. The maximum Gasteiger partial charge on any atom is 0.224 e. The van der Waals surface area contributed by atoms with Gasteiger partial charge < -0.3 is 10.6 Å². The quantitative estimate of drug-likeness (QED) is 0.865. The fourth-order valence-corrected chi connectivity index (χ4v) is 2.81. The van der Waals surface area contributed by atoms with Crippen molar-refractivity contribution in [3.8, 4) is 0 Å². The van der Waals surface area contributed by atoms with Crippen molar-refractivity contribution in [2.24, 2.45) is 5.92 Å². The smallest absolute Gasteiger partial charge is 0.224 e. The Hall–Kier alpha value is -1.35. The van der Waals surface area contributed by atoms with E-state index < -0.39 is 0 Å². The third kappa shape index (κ3) is 4.64. The van der Waals surface area contributed by atoms with Gasteiger partial charge in [-0.2, -0.15) is 0 Å². The Balaban J connectivity index is 1.73. The Morgan fingerprint density at radius 3 is 3.00 bits per heavy atom. The highest BCUT2D eigenvalue weighted by Gasteiger charge is 2.13. The molecule has 110 valence electrons. The zero-order valence-corrected chi connectivity index (χ0v) is 12.7. The summed E-state index contributed by atoms with van der Waals surface area (Å²) in [5, 5.41) is 6.47. The Morgan fingerprint density at radius 1 is 1.40 bits per heavy atom. The molecule has 0 aliphatic carbocycles. The normalized spacial score (nSPS) is 18.8. The van der Waals surface area contributed by atoms with Gasteiger partial charge in [0.05, 0.1) is 6.42 Å². The number of aryl methyl sites for hydroxylation is 2. The van der Waals surface area contributed by atoms with Gasteiger partial charge in [-0.3, -0.25) is 4.79 Å². The number of rotatable bonds is 5. The molecule has 1 aliphatic rings. The Bertz CT molecular complexity index is 450. The van der Waals surface area contributed by atoms with Gasteiger partial charge in [0, 0.05) is 6.54 Å². The molecule has 3 nitrogen and oxygen atoms in total. The second-order valence-corrected chi connectivity index (χ2v) is 5.96. The Morgan fingerprint density at radius 2 is 2.25 bits per heavy atom. The third-order valence-electron chi connectivity index (χ3n) is 4.13. The molecule has 1 heterocycles. The summed E-state index contributed by atoms with van der Waals surface area (Å²) in [6.45, 7) is 7.19.